The third-order valence-corrected chi connectivity index (χ3v) is 4.71. The molecule has 4 nitrogen and oxygen atoms in total. The van der Waals surface area contributed by atoms with Gasteiger partial charge in [0.15, 0.2) is 0 Å². The number of hydrogen-bond acceptors (Lipinski definition) is 3. The van der Waals surface area contributed by atoms with Crippen molar-refractivity contribution in [3.63, 3.8) is 0 Å². The van der Waals surface area contributed by atoms with E-state index in [0.29, 0.717) is 6.04 Å². The first kappa shape index (κ1) is 16.0. The van der Waals surface area contributed by atoms with E-state index >= 15 is 0 Å². The number of nitrogens with zero attached hydrogens (tertiary/aromatic N) is 3. The van der Waals surface area contributed by atoms with Crippen molar-refractivity contribution in [3.8, 4) is 0 Å². The molecule has 0 spiro atoms. The summed E-state index contributed by atoms with van der Waals surface area (Å²) in [4.78, 5) is 2.20. The number of hydrogen-bond donors (Lipinski definition) is 1. The smallest absolute Gasteiger partial charge is 0.0699 e. The Bertz CT molecular complexity index is 430. The first-order chi connectivity index (χ1) is 9.54. The molecule has 1 N–H and O–H groups in total. The lowest BCUT2D eigenvalue weighted by molar-refractivity contribution is 0.354. The van der Waals surface area contributed by atoms with Gasteiger partial charge in [0.1, 0.15) is 0 Å². The van der Waals surface area contributed by atoms with Crippen molar-refractivity contribution in [2.24, 2.45) is 11.8 Å². The minimum atomic E-state index is 0.434. The molecule has 2 rings (SSSR count). The van der Waals surface area contributed by atoms with Crippen LogP contribution in [-0.2, 0) is 6.54 Å². The van der Waals surface area contributed by atoms with Gasteiger partial charge in [-0.25, -0.2) is 0 Å². The number of likely N-dealkylation sites (N-methyl/N-ethyl adjacent to an activating group) is 1. The van der Waals surface area contributed by atoms with E-state index in [1.165, 1.54) is 18.5 Å². The van der Waals surface area contributed by atoms with Gasteiger partial charge in [-0.2, -0.15) is 5.10 Å². The molecule has 0 bridgehead atoms. The van der Waals surface area contributed by atoms with Gasteiger partial charge in [-0.05, 0) is 61.2 Å². The van der Waals surface area contributed by atoms with Crippen molar-refractivity contribution in [2.75, 3.05) is 27.2 Å². The van der Waals surface area contributed by atoms with Crippen LogP contribution in [0.5, 0.6) is 0 Å². The molecule has 1 saturated carbocycles. The zero-order valence-corrected chi connectivity index (χ0v) is 14.7. The average molecular weight is 343 g/mol. The van der Waals surface area contributed by atoms with E-state index in [4.69, 9.17) is 0 Å². The van der Waals surface area contributed by atoms with Crippen molar-refractivity contribution in [1.82, 2.24) is 20.0 Å². The third-order valence-electron chi connectivity index (χ3n) is 4.10. The lowest BCUT2D eigenvalue weighted by Gasteiger charge is -2.21. The summed E-state index contributed by atoms with van der Waals surface area (Å²) < 4.78 is 3.31. The molecule has 114 valence electrons. The van der Waals surface area contributed by atoms with Crippen LogP contribution in [0.2, 0.25) is 0 Å². The molecule has 0 radical (unpaired) electrons. The molecule has 1 heterocycles. The topological polar surface area (TPSA) is 33.1 Å². The zero-order chi connectivity index (χ0) is 14.7. The van der Waals surface area contributed by atoms with Crippen LogP contribution >= 0.6 is 15.9 Å². The fourth-order valence-corrected chi connectivity index (χ4v) is 3.26. The Balaban J connectivity index is 2.16. The Labute approximate surface area is 131 Å². The number of nitrogens with one attached hydrogen (secondary N) is 1. The summed E-state index contributed by atoms with van der Waals surface area (Å²) in [5.41, 5.74) is 1.33. The van der Waals surface area contributed by atoms with Gasteiger partial charge < -0.3 is 10.2 Å². The number of halogens is 1. The van der Waals surface area contributed by atoms with Gasteiger partial charge in [-0.3, -0.25) is 4.68 Å². The van der Waals surface area contributed by atoms with Gasteiger partial charge in [-0.15, -0.1) is 0 Å². The minimum absolute atomic E-state index is 0.434. The van der Waals surface area contributed by atoms with Crippen LogP contribution in [0.15, 0.2) is 10.7 Å². The molecule has 3 atom stereocenters. The molecule has 20 heavy (non-hydrogen) atoms. The zero-order valence-electron chi connectivity index (χ0n) is 13.1. The quantitative estimate of drug-likeness (QED) is 0.788. The second-order valence-electron chi connectivity index (χ2n) is 6.21. The molecule has 0 saturated heterocycles. The maximum atomic E-state index is 4.56. The third kappa shape index (κ3) is 3.83. The molecule has 0 aromatic carbocycles. The van der Waals surface area contributed by atoms with Crippen molar-refractivity contribution in [2.45, 2.75) is 39.3 Å². The summed E-state index contributed by atoms with van der Waals surface area (Å²) in [5, 5.41) is 8.28. The van der Waals surface area contributed by atoms with E-state index in [2.05, 4.69) is 63.9 Å². The van der Waals surface area contributed by atoms with Gasteiger partial charge in [-0.1, -0.05) is 13.8 Å². The fourth-order valence-electron chi connectivity index (χ4n) is 2.72. The first-order valence-electron chi connectivity index (χ1n) is 7.63. The van der Waals surface area contributed by atoms with Crippen molar-refractivity contribution in [1.29, 1.82) is 0 Å². The summed E-state index contributed by atoms with van der Waals surface area (Å²) in [6, 6.07) is 0.434. The second-order valence-corrected chi connectivity index (χ2v) is 7.07. The lowest BCUT2D eigenvalue weighted by Crippen LogP contribution is -2.29. The molecule has 0 aliphatic heterocycles. The highest BCUT2D eigenvalue weighted by molar-refractivity contribution is 9.10. The molecule has 1 fully saturated rings. The SMILES string of the molecule is CCCNC(c1c(Br)cnn1CCN(C)C)C1CC1C. The molecule has 1 aromatic heterocycles. The summed E-state index contributed by atoms with van der Waals surface area (Å²) >= 11 is 3.70. The Morgan fingerprint density at radius 1 is 1.55 bits per heavy atom. The van der Waals surface area contributed by atoms with Crippen LogP contribution in [0.25, 0.3) is 0 Å². The van der Waals surface area contributed by atoms with Crippen LogP contribution in [0, 0.1) is 11.8 Å². The van der Waals surface area contributed by atoms with Crippen molar-refractivity contribution >= 4 is 15.9 Å². The van der Waals surface area contributed by atoms with Crippen LogP contribution < -0.4 is 5.32 Å². The van der Waals surface area contributed by atoms with E-state index in [1.807, 2.05) is 6.20 Å². The van der Waals surface area contributed by atoms with E-state index < -0.39 is 0 Å². The van der Waals surface area contributed by atoms with E-state index in [1.54, 1.807) is 0 Å². The molecular formula is C15H27BrN4. The number of aromatic nitrogens is 2. The Morgan fingerprint density at radius 2 is 2.25 bits per heavy atom. The predicted molar refractivity (Wildman–Crippen MR) is 86.8 cm³/mol. The van der Waals surface area contributed by atoms with Crippen LogP contribution in [0.1, 0.15) is 38.4 Å². The lowest BCUT2D eigenvalue weighted by atomic mass is 10.1. The highest BCUT2D eigenvalue weighted by atomic mass is 79.9. The van der Waals surface area contributed by atoms with Crippen LogP contribution in [0.4, 0.5) is 0 Å². The second kappa shape index (κ2) is 7.05. The van der Waals surface area contributed by atoms with Gasteiger partial charge in [0, 0.05) is 6.54 Å². The number of rotatable bonds is 8. The van der Waals surface area contributed by atoms with Gasteiger partial charge in [0.2, 0.25) is 0 Å². The van der Waals surface area contributed by atoms with Gasteiger partial charge in [0.25, 0.3) is 0 Å². The molecule has 5 heteroatoms. The summed E-state index contributed by atoms with van der Waals surface area (Å²) in [7, 11) is 4.21. The summed E-state index contributed by atoms with van der Waals surface area (Å²) in [5.74, 6) is 1.58. The molecule has 1 aliphatic carbocycles. The normalized spacial score (nSPS) is 23.3. The maximum Gasteiger partial charge on any atom is 0.0699 e. The molecule has 3 unspecified atom stereocenters. The molecule has 1 aromatic rings. The first-order valence-corrected chi connectivity index (χ1v) is 8.43. The highest BCUT2D eigenvalue weighted by Crippen LogP contribution is 2.48. The van der Waals surface area contributed by atoms with Gasteiger partial charge >= 0.3 is 0 Å². The van der Waals surface area contributed by atoms with E-state index in [-0.39, 0.29) is 0 Å². The maximum absolute atomic E-state index is 4.56. The Morgan fingerprint density at radius 3 is 2.80 bits per heavy atom. The van der Waals surface area contributed by atoms with E-state index in [9.17, 15) is 0 Å². The van der Waals surface area contributed by atoms with Gasteiger partial charge in [0.05, 0.1) is 29.0 Å². The van der Waals surface area contributed by atoms with Crippen LogP contribution in [0.3, 0.4) is 0 Å². The highest BCUT2D eigenvalue weighted by Gasteiger charge is 2.42. The Hall–Kier alpha value is -0.390. The van der Waals surface area contributed by atoms with Crippen LogP contribution in [-0.4, -0.2) is 41.9 Å². The summed E-state index contributed by atoms with van der Waals surface area (Å²) in [6.07, 6.45) is 4.44. The standard InChI is InChI=1S/C15H27BrN4/c1-5-6-17-14(12-9-11(12)2)15-13(16)10-18-20(15)8-7-19(3)4/h10-12,14,17H,5-9H2,1-4H3. The van der Waals surface area contributed by atoms with Crippen molar-refractivity contribution < 1.29 is 0 Å². The largest absolute Gasteiger partial charge is 0.308 e. The monoisotopic (exact) mass is 342 g/mol. The van der Waals surface area contributed by atoms with Crippen molar-refractivity contribution in [3.05, 3.63) is 16.4 Å². The molecular weight excluding hydrogens is 316 g/mol. The Kier molecular flexibility index (Phi) is 5.64. The summed E-state index contributed by atoms with van der Waals surface area (Å²) in [6.45, 7) is 7.60. The minimum Gasteiger partial charge on any atom is -0.308 e. The fraction of sp³-hybridized carbons (Fsp3) is 0.800. The average Bonchev–Trinajstić information content (AvgIpc) is 3.00. The molecule has 0 amide bonds. The molecule has 1 aliphatic rings. The van der Waals surface area contributed by atoms with E-state index in [0.717, 1.165) is 35.9 Å². The predicted octanol–water partition coefficient (Wildman–Crippen LogP) is 2.90.